The highest BCUT2D eigenvalue weighted by molar-refractivity contribution is 6.32. The van der Waals surface area contributed by atoms with Gasteiger partial charge >= 0.3 is 0 Å². The molecule has 3 aromatic rings. The Morgan fingerprint density at radius 1 is 1.15 bits per heavy atom. The van der Waals surface area contributed by atoms with Gasteiger partial charge in [-0.05, 0) is 42.0 Å². The monoisotopic (exact) mass is 368 g/mol. The summed E-state index contributed by atoms with van der Waals surface area (Å²) in [7, 11) is 0. The first-order chi connectivity index (χ1) is 12.7. The number of anilines is 1. The Kier molecular flexibility index (Phi) is 4.63. The number of fused-ring (bicyclic) bond motifs is 2. The second kappa shape index (κ2) is 7.22. The van der Waals surface area contributed by atoms with Crippen LogP contribution in [0.5, 0.6) is 11.5 Å². The quantitative estimate of drug-likeness (QED) is 0.751. The van der Waals surface area contributed by atoms with E-state index in [1.165, 1.54) is 0 Å². The fraction of sp³-hybridized carbons (Fsp3) is 0.200. The van der Waals surface area contributed by atoms with E-state index in [0.29, 0.717) is 29.7 Å². The molecule has 0 fully saturated rings. The number of carbonyl (C=O) groups is 1. The van der Waals surface area contributed by atoms with Crippen LogP contribution in [0.4, 0.5) is 5.69 Å². The highest BCUT2D eigenvalue weighted by Crippen LogP contribution is 2.38. The second-order valence-corrected chi connectivity index (χ2v) is 6.46. The number of benzene rings is 2. The van der Waals surface area contributed by atoms with Crippen LogP contribution in [0.3, 0.4) is 0 Å². The number of pyridine rings is 1. The minimum atomic E-state index is -0.132. The molecule has 1 aromatic heterocycles. The zero-order valence-electron chi connectivity index (χ0n) is 14.0. The molecule has 2 aromatic carbocycles. The number of nitrogens with one attached hydrogen (secondary N) is 1. The van der Waals surface area contributed by atoms with Crippen molar-refractivity contribution in [2.75, 3.05) is 18.5 Å². The lowest BCUT2D eigenvalue weighted by Gasteiger charge is -2.12. The van der Waals surface area contributed by atoms with Crippen LogP contribution in [0.1, 0.15) is 12.0 Å². The largest absolute Gasteiger partial charge is 0.489 e. The number of hydrogen-bond acceptors (Lipinski definition) is 4. The summed E-state index contributed by atoms with van der Waals surface area (Å²) in [4.78, 5) is 16.8. The van der Waals surface area contributed by atoms with Crippen LogP contribution in [-0.4, -0.2) is 24.1 Å². The third-order valence-electron chi connectivity index (χ3n) is 4.15. The first-order valence-corrected chi connectivity index (χ1v) is 8.80. The maximum Gasteiger partial charge on any atom is 0.228 e. The topological polar surface area (TPSA) is 60.5 Å². The highest BCUT2D eigenvalue weighted by Gasteiger charge is 2.17. The van der Waals surface area contributed by atoms with Crippen molar-refractivity contribution in [3.63, 3.8) is 0 Å². The van der Waals surface area contributed by atoms with Gasteiger partial charge in [0, 0.05) is 18.0 Å². The van der Waals surface area contributed by atoms with Gasteiger partial charge in [0.15, 0.2) is 11.5 Å². The van der Waals surface area contributed by atoms with Crippen LogP contribution in [0.2, 0.25) is 5.02 Å². The fourth-order valence-electron chi connectivity index (χ4n) is 2.98. The maximum atomic E-state index is 12.5. The van der Waals surface area contributed by atoms with Gasteiger partial charge in [-0.1, -0.05) is 17.7 Å². The van der Waals surface area contributed by atoms with Gasteiger partial charge in [0.25, 0.3) is 0 Å². The van der Waals surface area contributed by atoms with Crippen LogP contribution >= 0.6 is 11.6 Å². The predicted molar refractivity (Wildman–Crippen MR) is 101 cm³/mol. The van der Waals surface area contributed by atoms with Crippen molar-refractivity contribution in [1.29, 1.82) is 0 Å². The summed E-state index contributed by atoms with van der Waals surface area (Å²) in [5.41, 5.74) is 2.35. The highest BCUT2D eigenvalue weighted by atomic mass is 35.5. The number of hydrogen-bond donors (Lipinski definition) is 1. The van der Waals surface area contributed by atoms with Crippen molar-refractivity contribution >= 4 is 34.1 Å². The Morgan fingerprint density at radius 3 is 2.96 bits per heavy atom. The van der Waals surface area contributed by atoms with Crippen molar-refractivity contribution in [3.05, 3.63) is 59.2 Å². The molecule has 4 rings (SSSR count). The molecule has 5 nitrogen and oxygen atoms in total. The minimum absolute atomic E-state index is 0.132. The number of ether oxygens (including phenoxy) is 2. The van der Waals surface area contributed by atoms with E-state index in [4.69, 9.17) is 21.1 Å². The van der Waals surface area contributed by atoms with Gasteiger partial charge in [-0.3, -0.25) is 9.78 Å². The van der Waals surface area contributed by atoms with Crippen LogP contribution in [0, 0.1) is 0 Å². The Bertz CT molecular complexity index is 969. The summed E-state index contributed by atoms with van der Waals surface area (Å²) in [5.74, 6) is 1.01. The molecule has 0 saturated carbocycles. The zero-order valence-corrected chi connectivity index (χ0v) is 14.8. The summed E-state index contributed by atoms with van der Waals surface area (Å²) in [6, 6.07) is 13.0. The average Bonchev–Trinajstić information content (AvgIpc) is 2.88. The summed E-state index contributed by atoms with van der Waals surface area (Å²) in [6.45, 7) is 1.14. The molecule has 0 spiro atoms. The van der Waals surface area contributed by atoms with E-state index in [-0.39, 0.29) is 12.3 Å². The van der Waals surface area contributed by atoms with Crippen LogP contribution < -0.4 is 14.8 Å². The maximum absolute atomic E-state index is 12.5. The Morgan fingerprint density at radius 2 is 2.04 bits per heavy atom. The molecule has 1 aliphatic rings. The molecule has 0 bridgehead atoms. The van der Waals surface area contributed by atoms with Gasteiger partial charge in [0.1, 0.15) is 0 Å². The molecule has 2 heterocycles. The third-order valence-corrected chi connectivity index (χ3v) is 4.43. The van der Waals surface area contributed by atoms with Gasteiger partial charge in [-0.2, -0.15) is 0 Å². The normalized spacial score (nSPS) is 13.3. The predicted octanol–water partition coefficient (Wildman–Crippen LogP) is 4.23. The standard InChI is InChI=1S/C20H17ClN2O3/c21-15-10-13(11-18-20(15)26-9-3-8-25-18)12-19(24)23-17-6-1-5-16-14(17)4-2-7-22-16/h1-2,4-7,10-11H,3,8-9,12H2,(H,23,24). The van der Waals surface area contributed by atoms with E-state index in [9.17, 15) is 4.79 Å². The molecule has 0 atom stereocenters. The van der Waals surface area contributed by atoms with Crippen molar-refractivity contribution in [2.45, 2.75) is 12.8 Å². The molecule has 26 heavy (non-hydrogen) atoms. The molecular weight excluding hydrogens is 352 g/mol. The summed E-state index contributed by atoms with van der Waals surface area (Å²) < 4.78 is 11.3. The number of halogens is 1. The molecule has 132 valence electrons. The van der Waals surface area contributed by atoms with Gasteiger partial charge in [0.2, 0.25) is 5.91 Å². The number of carbonyl (C=O) groups excluding carboxylic acids is 1. The molecular formula is C20H17ClN2O3. The third kappa shape index (κ3) is 3.44. The number of nitrogens with zero attached hydrogens (tertiary/aromatic N) is 1. The van der Waals surface area contributed by atoms with E-state index in [0.717, 1.165) is 28.6 Å². The van der Waals surface area contributed by atoms with E-state index >= 15 is 0 Å². The summed E-state index contributed by atoms with van der Waals surface area (Å²) in [5, 5.41) is 4.31. The number of amides is 1. The summed E-state index contributed by atoms with van der Waals surface area (Å²) >= 11 is 6.30. The number of aromatic nitrogens is 1. The zero-order chi connectivity index (χ0) is 17.9. The Labute approximate surface area is 155 Å². The SMILES string of the molecule is O=C(Cc1cc(Cl)c2c(c1)OCCCO2)Nc1cccc2ncccc12. The van der Waals surface area contributed by atoms with Crippen LogP contribution in [0.25, 0.3) is 10.9 Å². The second-order valence-electron chi connectivity index (χ2n) is 6.06. The lowest BCUT2D eigenvalue weighted by Crippen LogP contribution is -2.14. The van der Waals surface area contributed by atoms with E-state index in [1.807, 2.05) is 36.4 Å². The lowest BCUT2D eigenvalue weighted by molar-refractivity contribution is -0.115. The van der Waals surface area contributed by atoms with E-state index in [1.54, 1.807) is 12.3 Å². The molecule has 1 N–H and O–H groups in total. The molecule has 0 aliphatic carbocycles. The smallest absolute Gasteiger partial charge is 0.228 e. The average molecular weight is 369 g/mol. The molecule has 6 heteroatoms. The van der Waals surface area contributed by atoms with E-state index < -0.39 is 0 Å². The van der Waals surface area contributed by atoms with Crippen molar-refractivity contribution in [3.8, 4) is 11.5 Å². The van der Waals surface area contributed by atoms with Crippen molar-refractivity contribution in [1.82, 2.24) is 4.98 Å². The fourth-order valence-corrected chi connectivity index (χ4v) is 3.27. The first-order valence-electron chi connectivity index (χ1n) is 8.42. The molecule has 0 radical (unpaired) electrons. The molecule has 1 amide bonds. The molecule has 0 unspecified atom stereocenters. The van der Waals surface area contributed by atoms with Gasteiger partial charge in [-0.15, -0.1) is 0 Å². The summed E-state index contributed by atoms with van der Waals surface area (Å²) in [6.07, 6.45) is 2.72. The van der Waals surface area contributed by atoms with Gasteiger partial charge < -0.3 is 14.8 Å². The Hall–Kier alpha value is -2.79. The van der Waals surface area contributed by atoms with Gasteiger partial charge in [-0.25, -0.2) is 0 Å². The van der Waals surface area contributed by atoms with Gasteiger partial charge in [0.05, 0.1) is 35.9 Å². The minimum Gasteiger partial charge on any atom is -0.489 e. The molecule has 0 saturated heterocycles. The lowest BCUT2D eigenvalue weighted by atomic mass is 10.1. The molecule has 1 aliphatic heterocycles. The van der Waals surface area contributed by atoms with Crippen LogP contribution in [0.15, 0.2) is 48.7 Å². The Balaban J connectivity index is 1.55. The van der Waals surface area contributed by atoms with Crippen LogP contribution in [-0.2, 0) is 11.2 Å². The van der Waals surface area contributed by atoms with Crippen molar-refractivity contribution in [2.24, 2.45) is 0 Å². The number of rotatable bonds is 3. The first kappa shape index (κ1) is 16.7. The van der Waals surface area contributed by atoms with Crippen molar-refractivity contribution < 1.29 is 14.3 Å². The van der Waals surface area contributed by atoms with E-state index in [2.05, 4.69) is 10.3 Å².